The zero-order chi connectivity index (χ0) is 19.1. The lowest BCUT2D eigenvalue weighted by atomic mass is 10.1. The van der Waals surface area contributed by atoms with Crippen LogP contribution in [0, 0.1) is 0 Å². The number of nitrogen functional groups attached to an aromatic ring is 1. The summed E-state index contributed by atoms with van der Waals surface area (Å²) in [6, 6.07) is 7.33. The number of pyridine rings is 2. The molecular weight excluding hydrogens is 344 g/mol. The number of aromatic nitrogens is 4. The van der Waals surface area contributed by atoms with Gasteiger partial charge in [-0.1, -0.05) is 0 Å². The summed E-state index contributed by atoms with van der Waals surface area (Å²) in [6.07, 6.45) is 6.41. The van der Waals surface area contributed by atoms with Crippen LogP contribution in [0.4, 0.5) is 11.5 Å². The molecule has 0 unspecified atom stereocenters. The van der Waals surface area contributed by atoms with E-state index in [1.807, 2.05) is 25.1 Å². The lowest BCUT2D eigenvalue weighted by molar-refractivity contribution is 0.0987. The van der Waals surface area contributed by atoms with E-state index < -0.39 is 0 Å². The van der Waals surface area contributed by atoms with Crippen molar-refractivity contribution in [2.75, 3.05) is 17.7 Å². The molecule has 3 aromatic rings. The first-order valence-corrected chi connectivity index (χ1v) is 8.52. The van der Waals surface area contributed by atoms with Crippen molar-refractivity contribution in [1.82, 2.24) is 19.9 Å². The molecule has 8 nitrogen and oxygen atoms in total. The molecule has 138 valence electrons. The molecule has 0 saturated heterocycles. The van der Waals surface area contributed by atoms with Crippen molar-refractivity contribution in [2.24, 2.45) is 0 Å². The molecule has 0 saturated carbocycles. The SMILES string of the molecule is CCOc1cnc(C(=O)Cc2ccnc(CNc3cccnc3N)c2)cn1. The highest BCUT2D eigenvalue weighted by Crippen LogP contribution is 2.15. The molecule has 0 spiro atoms. The highest BCUT2D eigenvalue weighted by molar-refractivity contribution is 5.95. The van der Waals surface area contributed by atoms with Crippen LogP contribution in [-0.2, 0) is 13.0 Å². The fourth-order valence-electron chi connectivity index (χ4n) is 2.45. The summed E-state index contributed by atoms with van der Waals surface area (Å²) in [6.45, 7) is 2.83. The third-order valence-corrected chi connectivity index (χ3v) is 3.75. The van der Waals surface area contributed by atoms with Gasteiger partial charge in [-0.15, -0.1) is 0 Å². The van der Waals surface area contributed by atoms with Crippen molar-refractivity contribution in [3.8, 4) is 5.88 Å². The van der Waals surface area contributed by atoms with Crippen LogP contribution in [0.1, 0.15) is 28.7 Å². The first-order valence-electron chi connectivity index (χ1n) is 8.52. The van der Waals surface area contributed by atoms with E-state index in [0.717, 1.165) is 16.9 Å². The second kappa shape index (κ2) is 8.70. The second-order valence-electron chi connectivity index (χ2n) is 5.72. The largest absolute Gasteiger partial charge is 0.477 e. The van der Waals surface area contributed by atoms with Crippen LogP contribution in [0.2, 0.25) is 0 Å². The molecule has 3 heterocycles. The maximum Gasteiger partial charge on any atom is 0.232 e. The minimum absolute atomic E-state index is 0.118. The van der Waals surface area contributed by atoms with Crippen molar-refractivity contribution < 1.29 is 9.53 Å². The van der Waals surface area contributed by atoms with E-state index >= 15 is 0 Å². The molecule has 0 aliphatic heterocycles. The molecule has 0 bridgehead atoms. The molecule has 0 aliphatic rings. The van der Waals surface area contributed by atoms with Crippen LogP contribution in [0.15, 0.2) is 49.1 Å². The lowest BCUT2D eigenvalue weighted by Crippen LogP contribution is -2.09. The average molecular weight is 364 g/mol. The summed E-state index contributed by atoms with van der Waals surface area (Å²) in [4.78, 5) is 28.9. The van der Waals surface area contributed by atoms with E-state index in [1.54, 1.807) is 18.5 Å². The molecule has 0 aromatic carbocycles. The lowest BCUT2D eigenvalue weighted by Gasteiger charge is -2.09. The summed E-state index contributed by atoms with van der Waals surface area (Å²) in [7, 11) is 0. The summed E-state index contributed by atoms with van der Waals surface area (Å²) < 4.78 is 5.23. The number of Topliss-reactive ketones (excluding diaryl/α,β-unsaturated/α-hetero) is 1. The average Bonchev–Trinajstić information content (AvgIpc) is 2.68. The number of ether oxygens (including phenoxy) is 1. The Hall–Kier alpha value is -3.55. The Kier molecular flexibility index (Phi) is 5.88. The number of carbonyl (C=O) groups is 1. The van der Waals surface area contributed by atoms with E-state index in [9.17, 15) is 4.79 Å². The number of nitrogens with one attached hydrogen (secondary N) is 1. The first-order chi connectivity index (χ1) is 13.2. The van der Waals surface area contributed by atoms with E-state index in [-0.39, 0.29) is 12.2 Å². The predicted molar refractivity (Wildman–Crippen MR) is 101 cm³/mol. The van der Waals surface area contributed by atoms with Gasteiger partial charge in [0.15, 0.2) is 5.78 Å². The quantitative estimate of drug-likeness (QED) is 0.585. The van der Waals surface area contributed by atoms with Crippen molar-refractivity contribution >= 4 is 17.3 Å². The zero-order valence-corrected chi connectivity index (χ0v) is 14.9. The number of nitrogens with two attached hydrogens (primary N) is 1. The Morgan fingerprint density at radius 1 is 1.15 bits per heavy atom. The van der Waals surface area contributed by atoms with Gasteiger partial charge in [0.2, 0.25) is 5.88 Å². The van der Waals surface area contributed by atoms with E-state index in [2.05, 4.69) is 25.3 Å². The third kappa shape index (κ3) is 4.97. The van der Waals surface area contributed by atoms with Gasteiger partial charge in [0.05, 0.1) is 36.9 Å². The number of carbonyl (C=O) groups excluding carboxylic acids is 1. The minimum atomic E-state index is -0.118. The summed E-state index contributed by atoms with van der Waals surface area (Å²) >= 11 is 0. The third-order valence-electron chi connectivity index (χ3n) is 3.75. The zero-order valence-electron chi connectivity index (χ0n) is 14.9. The Bertz CT molecular complexity index is 914. The van der Waals surface area contributed by atoms with Crippen molar-refractivity contribution in [3.05, 3.63) is 66.0 Å². The van der Waals surface area contributed by atoms with E-state index in [4.69, 9.17) is 10.5 Å². The van der Waals surface area contributed by atoms with E-state index in [1.165, 1.54) is 12.4 Å². The second-order valence-corrected chi connectivity index (χ2v) is 5.72. The molecule has 3 N–H and O–H groups in total. The number of hydrogen-bond acceptors (Lipinski definition) is 8. The maximum atomic E-state index is 12.4. The Morgan fingerprint density at radius 2 is 2.04 bits per heavy atom. The minimum Gasteiger partial charge on any atom is -0.477 e. The van der Waals surface area contributed by atoms with Gasteiger partial charge in [-0.05, 0) is 36.8 Å². The Morgan fingerprint density at radius 3 is 2.78 bits per heavy atom. The van der Waals surface area contributed by atoms with Gasteiger partial charge in [-0.2, -0.15) is 0 Å². The number of anilines is 2. The van der Waals surface area contributed by atoms with Crippen LogP contribution in [0.5, 0.6) is 5.88 Å². The van der Waals surface area contributed by atoms with Gasteiger partial charge in [0, 0.05) is 18.8 Å². The Labute approximate surface area is 156 Å². The number of ketones is 1. The molecule has 8 heteroatoms. The van der Waals surface area contributed by atoms with Crippen LogP contribution in [0.25, 0.3) is 0 Å². The molecule has 3 aromatic heterocycles. The number of nitrogens with zero attached hydrogens (tertiary/aromatic N) is 4. The van der Waals surface area contributed by atoms with Crippen LogP contribution in [-0.4, -0.2) is 32.3 Å². The molecule has 0 atom stereocenters. The molecule has 0 aliphatic carbocycles. The first kappa shape index (κ1) is 18.2. The van der Waals surface area contributed by atoms with Gasteiger partial charge in [0.1, 0.15) is 11.5 Å². The highest BCUT2D eigenvalue weighted by Gasteiger charge is 2.11. The molecular formula is C19H20N6O2. The fourth-order valence-corrected chi connectivity index (χ4v) is 2.45. The smallest absolute Gasteiger partial charge is 0.232 e. The standard InChI is InChI=1S/C19H20N6O2/c1-2-27-18-12-24-16(11-25-18)17(26)9-13-5-7-21-14(8-13)10-23-15-4-3-6-22-19(15)20/h3-8,11-12,23H,2,9-10H2,1H3,(H2,20,22). The van der Waals surface area contributed by atoms with Gasteiger partial charge in [0.25, 0.3) is 0 Å². The topological polar surface area (TPSA) is 116 Å². The molecule has 27 heavy (non-hydrogen) atoms. The predicted octanol–water partition coefficient (Wildman–Crippen LogP) is 2.29. The normalized spacial score (nSPS) is 10.4. The fraction of sp³-hybridized carbons (Fsp3) is 0.211. The van der Waals surface area contributed by atoms with Gasteiger partial charge >= 0.3 is 0 Å². The highest BCUT2D eigenvalue weighted by atomic mass is 16.5. The molecule has 3 rings (SSSR count). The van der Waals surface area contributed by atoms with Gasteiger partial charge < -0.3 is 15.8 Å². The maximum absolute atomic E-state index is 12.4. The van der Waals surface area contributed by atoms with Crippen molar-refractivity contribution in [1.29, 1.82) is 0 Å². The van der Waals surface area contributed by atoms with Gasteiger partial charge in [-0.25, -0.2) is 15.0 Å². The van der Waals surface area contributed by atoms with Crippen molar-refractivity contribution in [2.45, 2.75) is 19.9 Å². The monoisotopic (exact) mass is 364 g/mol. The van der Waals surface area contributed by atoms with E-state index in [0.29, 0.717) is 30.5 Å². The number of hydrogen-bond donors (Lipinski definition) is 2. The molecule has 0 amide bonds. The van der Waals surface area contributed by atoms with Crippen LogP contribution in [0.3, 0.4) is 0 Å². The number of rotatable bonds is 8. The molecule has 0 fully saturated rings. The molecule has 0 radical (unpaired) electrons. The summed E-state index contributed by atoms with van der Waals surface area (Å²) in [5.41, 5.74) is 8.50. The van der Waals surface area contributed by atoms with Crippen molar-refractivity contribution in [3.63, 3.8) is 0 Å². The van der Waals surface area contributed by atoms with Gasteiger partial charge in [-0.3, -0.25) is 9.78 Å². The Balaban J connectivity index is 1.63. The van der Waals surface area contributed by atoms with Crippen LogP contribution < -0.4 is 15.8 Å². The van der Waals surface area contributed by atoms with Crippen LogP contribution >= 0.6 is 0 Å². The summed E-state index contributed by atoms with van der Waals surface area (Å²) in [5.74, 6) is 0.714. The summed E-state index contributed by atoms with van der Waals surface area (Å²) in [5, 5.41) is 3.19.